The van der Waals surface area contributed by atoms with Gasteiger partial charge in [0.25, 0.3) is 0 Å². The maximum Gasteiger partial charge on any atom is 0.137 e. The highest BCUT2D eigenvalue weighted by Crippen LogP contribution is 2.37. The second kappa shape index (κ2) is 5.83. The zero-order valence-corrected chi connectivity index (χ0v) is 10.7. The minimum absolute atomic E-state index is 0.0457. The Balaban J connectivity index is 2.36. The molecule has 17 heavy (non-hydrogen) atoms. The largest absolute Gasteiger partial charge is 0.310 e. The Kier molecular flexibility index (Phi) is 4.40. The SMILES string of the molecule is CCCNC1CCCSc2c(F)ccc(F)c21. The van der Waals surface area contributed by atoms with Gasteiger partial charge >= 0.3 is 0 Å². The predicted molar refractivity (Wildman–Crippen MR) is 67.4 cm³/mol. The number of hydrogen-bond donors (Lipinski definition) is 1. The van der Waals surface area contributed by atoms with Gasteiger partial charge < -0.3 is 5.32 Å². The molecule has 2 rings (SSSR count). The molecule has 0 bridgehead atoms. The summed E-state index contributed by atoms with van der Waals surface area (Å²) in [5.41, 5.74) is 0.529. The molecule has 94 valence electrons. The first-order chi connectivity index (χ1) is 8.24. The number of fused-ring (bicyclic) bond motifs is 1. The molecule has 1 atom stereocenters. The second-order valence-electron chi connectivity index (χ2n) is 4.27. The zero-order valence-electron chi connectivity index (χ0n) is 9.93. The van der Waals surface area contributed by atoms with Gasteiger partial charge in [-0.05, 0) is 43.7 Å². The average Bonchev–Trinajstić information content (AvgIpc) is 2.54. The van der Waals surface area contributed by atoms with E-state index in [9.17, 15) is 8.78 Å². The topological polar surface area (TPSA) is 12.0 Å². The molecule has 1 aliphatic rings. The molecule has 0 saturated heterocycles. The second-order valence-corrected chi connectivity index (χ2v) is 5.37. The number of benzene rings is 1. The molecule has 1 aliphatic heterocycles. The Bertz CT molecular complexity index is 395. The monoisotopic (exact) mass is 257 g/mol. The van der Waals surface area contributed by atoms with E-state index in [0.717, 1.165) is 31.6 Å². The standard InChI is InChI=1S/C13H17F2NS/c1-2-7-16-11-4-3-8-17-13-10(15)6-5-9(14)12(11)13/h5-6,11,16H,2-4,7-8H2,1H3. The van der Waals surface area contributed by atoms with Crippen molar-refractivity contribution in [3.8, 4) is 0 Å². The van der Waals surface area contributed by atoms with Crippen LogP contribution in [0.3, 0.4) is 0 Å². The Morgan fingerprint density at radius 3 is 2.88 bits per heavy atom. The quantitative estimate of drug-likeness (QED) is 0.881. The van der Waals surface area contributed by atoms with Gasteiger partial charge in [0.2, 0.25) is 0 Å². The van der Waals surface area contributed by atoms with Crippen LogP contribution in [0.1, 0.15) is 37.8 Å². The van der Waals surface area contributed by atoms with Crippen LogP contribution in [-0.2, 0) is 0 Å². The Hall–Kier alpha value is -0.610. The van der Waals surface area contributed by atoms with Gasteiger partial charge in [-0.1, -0.05) is 6.92 Å². The zero-order chi connectivity index (χ0) is 12.3. The van der Waals surface area contributed by atoms with E-state index >= 15 is 0 Å². The highest BCUT2D eigenvalue weighted by Gasteiger charge is 2.24. The maximum atomic E-state index is 13.9. The third kappa shape index (κ3) is 2.80. The molecule has 0 radical (unpaired) electrons. The molecular weight excluding hydrogens is 240 g/mol. The van der Waals surface area contributed by atoms with Crippen LogP contribution in [-0.4, -0.2) is 12.3 Å². The summed E-state index contributed by atoms with van der Waals surface area (Å²) in [6.07, 6.45) is 2.86. The lowest BCUT2D eigenvalue weighted by atomic mass is 10.0. The molecular formula is C13H17F2NS. The van der Waals surface area contributed by atoms with Gasteiger partial charge in [-0.2, -0.15) is 0 Å². The summed E-state index contributed by atoms with van der Waals surface area (Å²) in [6, 6.07) is 2.42. The van der Waals surface area contributed by atoms with Gasteiger partial charge in [0.1, 0.15) is 11.6 Å². The van der Waals surface area contributed by atoms with Crippen LogP contribution in [0, 0.1) is 11.6 Å². The molecule has 0 aliphatic carbocycles. The molecule has 1 unspecified atom stereocenters. The summed E-state index contributed by atoms with van der Waals surface area (Å²) in [4.78, 5) is 0.496. The van der Waals surface area contributed by atoms with Gasteiger partial charge in [0.05, 0.1) is 4.90 Å². The van der Waals surface area contributed by atoms with Gasteiger partial charge in [0, 0.05) is 11.6 Å². The lowest BCUT2D eigenvalue weighted by Gasteiger charge is -2.19. The lowest BCUT2D eigenvalue weighted by molar-refractivity contribution is 0.458. The van der Waals surface area contributed by atoms with E-state index in [1.807, 2.05) is 0 Å². The van der Waals surface area contributed by atoms with E-state index in [2.05, 4.69) is 12.2 Å². The van der Waals surface area contributed by atoms with Crippen LogP contribution in [0.15, 0.2) is 17.0 Å². The molecule has 0 saturated carbocycles. The van der Waals surface area contributed by atoms with Crippen molar-refractivity contribution >= 4 is 11.8 Å². The van der Waals surface area contributed by atoms with Crippen molar-refractivity contribution < 1.29 is 8.78 Å². The smallest absolute Gasteiger partial charge is 0.137 e. The fourth-order valence-corrected chi connectivity index (χ4v) is 3.27. The van der Waals surface area contributed by atoms with Crippen molar-refractivity contribution in [1.82, 2.24) is 5.32 Å². The average molecular weight is 257 g/mol. The number of hydrogen-bond acceptors (Lipinski definition) is 2. The summed E-state index contributed by atoms with van der Waals surface area (Å²) in [7, 11) is 0. The number of halogens is 2. The van der Waals surface area contributed by atoms with Gasteiger partial charge in [-0.15, -0.1) is 11.8 Å². The molecule has 4 heteroatoms. The predicted octanol–water partition coefficient (Wildman–Crippen LogP) is 3.89. The van der Waals surface area contributed by atoms with E-state index in [1.54, 1.807) is 0 Å². The molecule has 0 aromatic heterocycles. The summed E-state index contributed by atoms with van der Waals surface area (Å²) in [5.74, 6) is 0.276. The van der Waals surface area contributed by atoms with Crippen molar-refractivity contribution in [2.75, 3.05) is 12.3 Å². The Morgan fingerprint density at radius 1 is 1.35 bits per heavy atom. The summed E-state index contributed by atoms with van der Waals surface area (Å²) in [5, 5.41) is 3.32. The Morgan fingerprint density at radius 2 is 2.12 bits per heavy atom. The first-order valence-corrected chi connectivity index (χ1v) is 7.06. The maximum absolute atomic E-state index is 13.9. The Labute approximate surface area is 105 Å². The van der Waals surface area contributed by atoms with E-state index in [0.29, 0.717) is 10.5 Å². The van der Waals surface area contributed by atoms with Crippen molar-refractivity contribution in [3.05, 3.63) is 29.3 Å². The summed E-state index contributed by atoms with van der Waals surface area (Å²) >= 11 is 1.43. The van der Waals surface area contributed by atoms with Crippen molar-refractivity contribution in [2.45, 2.75) is 37.1 Å². The van der Waals surface area contributed by atoms with Crippen molar-refractivity contribution in [2.24, 2.45) is 0 Å². The molecule has 1 nitrogen and oxygen atoms in total. The van der Waals surface area contributed by atoms with Crippen molar-refractivity contribution in [3.63, 3.8) is 0 Å². The van der Waals surface area contributed by atoms with Gasteiger partial charge in [0.15, 0.2) is 0 Å². The molecule has 1 aromatic carbocycles. The van der Waals surface area contributed by atoms with Crippen LogP contribution in [0.2, 0.25) is 0 Å². The molecule has 1 aromatic rings. The minimum Gasteiger partial charge on any atom is -0.310 e. The van der Waals surface area contributed by atoms with Crippen LogP contribution in [0.4, 0.5) is 8.78 Å². The van der Waals surface area contributed by atoms with Crippen LogP contribution >= 0.6 is 11.8 Å². The molecule has 1 N–H and O–H groups in total. The highest BCUT2D eigenvalue weighted by molar-refractivity contribution is 7.99. The fraction of sp³-hybridized carbons (Fsp3) is 0.538. The molecule has 1 heterocycles. The van der Waals surface area contributed by atoms with Gasteiger partial charge in [-0.25, -0.2) is 8.78 Å². The number of rotatable bonds is 3. The molecule has 0 spiro atoms. The van der Waals surface area contributed by atoms with Gasteiger partial charge in [-0.3, -0.25) is 0 Å². The molecule has 0 fully saturated rings. The summed E-state index contributed by atoms with van der Waals surface area (Å²) < 4.78 is 27.6. The van der Waals surface area contributed by atoms with E-state index in [4.69, 9.17) is 0 Å². The first-order valence-electron chi connectivity index (χ1n) is 6.08. The lowest BCUT2D eigenvalue weighted by Crippen LogP contribution is -2.23. The first kappa shape index (κ1) is 12.8. The molecule has 0 amide bonds. The van der Waals surface area contributed by atoms with Crippen LogP contribution in [0.25, 0.3) is 0 Å². The van der Waals surface area contributed by atoms with E-state index < -0.39 is 0 Å². The highest BCUT2D eigenvalue weighted by atomic mass is 32.2. The fourth-order valence-electron chi connectivity index (χ4n) is 2.15. The third-order valence-corrected chi connectivity index (χ3v) is 4.16. The van der Waals surface area contributed by atoms with E-state index in [1.165, 1.54) is 23.9 Å². The number of nitrogens with one attached hydrogen (secondary N) is 1. The number of thioether (sulfide) groups is 1. The van der Waals surface area contributed by atoms with Crippen LogP contribution in [0.5, 0.6) is 0 Å². The van der Waals surface area contributed by atoms with Crippen LogP contribution < -0.4 is 5.32 Å². The van der Waals surface area contributed by atoms with Crippen molar-refractivity contribution in [1.29, 1.82) is 0 Å². The van der Waals surface area contributed by atoms with E-state index in [-0.39, 0.29) is 17.7 Å². The third-order valence-electron chi connectivity index (χ3n) is 2.97. The minimum atomic E-state index is -0.295. The summed E-state index contributed by atoms with van der Waals surface area (Å²) in [6.45, 7) is 2.91. The normalized spacial score (nSPS) is 19.8.